The van der Waals surface area contributed by atoms with Crippen molar-refractivity contribution >= 4 is 28.7 Å². The predicted octanol–water partition coefficient (Wildman–Crippen LogP) is 0.529. The molecule has 0 aromatic heterocycles. The number of hydrogen-bond donors (Lipinski definition) is 3. The van der Waals surface area contributed by atoms with Crippen LogP contribution in [-0.4, -0.2) is 41.2 Å². The molecular formula is C13H16N6OS. The lowest BCUT2D eigenvalue weighted by atomic mass is 10.1. The average Bonchev–Trinajstić information content (AvgIpc) is 3.01. The van der Waals surface area contributed by atoms with E-state index in [1.165, 1.54) is 18.0 Å². The summed E-state index contributed by atoms with van der Waals surface area (Å²) in [5.74, 6) is -0.663. The third-order valence-electron chi connectivity index (χ3n) is 3.25. The third kappa shape index (κ3) is 3.08. The molecule has 0 spiro atoms. The van der Waals surface area contributed by atoms with E-state index in [2.05, 4.69) is 10.3 Å². The van der Waals surface area contributed by atoms with Gasteiger partial charge in [-0.3, -0.25) is 10.2 Å². The van der Waals surface area contributed by atoms with Crippen LogP contribution in [0.25, 0.3) is 0 Å². The van der Waals surface area contributed by atoms with Crippen molar-refractivity contribution in [3.8, 4) is 6.07 Å². The number of likely N-dealkylation sites (tertiary alicyclic amines) is 1. The highest BCUT2D eigenvalue weighted by Gasteiger charge is 2.29. The van der Waals surface area contributed by atoms with Crippen molar-refractivity contribution in [1.82, 2.24) is 10.2 Å². The Morgan fingerprint density at radius 1 is 1.57 bits per heavy atom. The minimum absolute atomic E-state index is 0.0335. The Labute approximate surface area is 127 Å². The lowest BCUT2D eigenvalue weighted by molar-refractivity contribution is -0.125. The van der Waals surface area contributed by atoms with E-state index in [4.69, 9.17) is 11.1 Å². The van der Waals surface area contributed by atoms with Gasteiger partial charge in [-0.2, -0.15) is 5.26 Å². The van der Waals surface area contributed by atoms with Crippen LogP contribution in [0.1, 0.15) is 12.8 Å². The SMILES string of the molecule is CSC1=NC=C(C#N)C(=C(C(=N)N)C(=O)N2CCCC2)N1. The molecule has 0 atom stereocenters. The normalized spacial score (nSPS) is 20.1. The number of nitriles is 1. The summed E-state index contributed by atoms with van der Waals surface area (Å²) in [5, 5.41) is 20.4. The van der Waals surface area contributed by atoms with Gasteiger partial charge in [-0.15, -0.1) is 0 Å². The Bertz CT molecular complexity index is 607. The summed E-state index contributed by atoms with van der Waals surface area (Å²) in [4.78, 5) is 18.3. The quantitative estimate of drug-likeness (QED) is 0.390. The molecule has 0 saturated carbocycles. The number of rotatable bonds is 2. The predicted molar refractivity (Wildman–Crippen MR) is 82.5 cm³/mol. The van der Waals surface area contributed by atoms with E-state index in [-0.39, 0.29) is 28.6 Å². The summed E-state index contributed by atoms with van der Waals surface area (Å²) < 4.78 is 0. The van der Waals surface area contributed by atoms with Crippen LogP contribution in [0.5, 0.6) is 0 Å². The van der Waals surface area contributed by atoms with Crippen LogP contribution < -0.4 is 11.1 Å². The number of nitrogens with one attached hydrogen (secondary N) is 2. The van der Waals surface area contributed by atoms with Crippen molar-refractivity contribution in [1.29, 1.82) is 10.7 Å². The van der Waals surface area contributed by atoms with E-state index in [1.807, 2.05) is 12.3 Å². The van der Waals surface area contributed by atoms with E-state index in [9.17, 15) is 10.1 Å². The number of allylic oxidation sites excluding steroid dienone is 1. The van der Waals surface area contributed by atoms with Gasteiger partial charge in [0.15, 0.2) is 5.17 Å². The smallest absolute Gasteiger partial charge is 0.259 e. The van der Waals surface area contributed by atoms with Crippen LogP contribution in [0, 0.1) is 16.7 Å². The summed E-state index contributed by atoms with van der Waals surface area (Å²) in [6.07, 6.45) is 5.10. The van der Waals surface area contributed by atoms with Gasteiger partial charge in [-0.1, -0.05) is 11.8 Å². The van der Waals surface area contributed by atoms with Crippen molar-refractivity contribution < 1.29 is 4.79 Å². The average molecular weight is 304 g/mol. The van der Waals surface area contributed by atoms with Crippen molar-refractivity contribution in [3.05, 3.63) is 23.0 Å². The summed E-state index contributed by atoms with van der Waals surface area (Å²) in [6.45, 7) is 1.30. The summed E-state index contributed by atoms with van der Waals surface area (Å²) in [5.41, 5.74) is 6.09. The summed E-state index contributed by atoms with van der Waals surface area (Å²) >= 11 is 1.35. The van der Waals surface area contributed by atoms with Gasteiger partial charge < -0.3 is 16.0 Å². The maximum absolute atomic E-state index is 12.6. The van der Waals surface area contributed by atoms with Crippen molar-refractivity contribution in [3.63, 3.8) is 0 Å². The summed E-state index contributed by atoms with van der Waals surface area (Å²) in [6, 6.07) is 1.98. The van der Waals surface area contributed by atoms with Gasteiger partial charge in [0.1, 0.15) is 17.5 Å². The Morgan fingerprint density at radius 2 is 2.24 bits per heavy atom. The molecule has 2 aliphatic rings. The van der Waals surface area contributed by atoms with E-state index in [0.29, 0.717) is 18.3 Å². The molecular weight excluding hydrogens is 288 g/mol. The number of carbonyl (C=O) groups is 1. The van der Waals surface area contributed by atoms with Crippen LogP contribution in [0.2, 0.25) is 0 Å². The molecule has 0 radical (unpaired) electrons. The zero-order valence-corrected chi connectivity index (χ0v) is 12.5. The first-order chi connectivity index (χ1) is 10.1. The molecule has 1 fully saturated rings. The number of amides is 1. The second-order valence-electron chi connectivity index (χ2n) is 4.58. The third-order valence-corrected chi connectivity index (χ3v) is 3.85. The highest BCUT2D eigenvalue weighted by atomic mass is 32.2. The fourth-order valence-corrected chi connectivity index (χ4v) is 2.58. The molecule has 1 amide bonds. The molecule has 7 nitrogen and oxygen atoms in total. The molecule has 2 heterocycles. The number of nitrogens with two attached hydrogens (primary N) is 1. The van der Waals surface area contributed by atoms with Gasteiger partial charge in [0.25, 0.3) is 5.91 Å². The largest absolute Gasteiger partial charge is 0.383 e. The molecule has 21 heavy (non-hydrogen) atoms. The number of thioether (sulfide) groups is 1. The lowest BCUT2D eigenvalue weighted by Crippen LogP contribution is -2.38. The fourth-order valence-electron chi connectivity index (χ4n) is 2.22. The Morgan fingerprint density at radius 3 is 2.76 bits per heavy atom. The molecule has 2 aliphatic heterocycles. The van der Waals surface area contributed by atoms with Gasteiger partial charge in [0.2, 0.25) is 0 Å². The maximum atomic E-state index is 12.6. The Balaban J connectivity index is 2.46. The van der Waals surface area contributed by atoms with Crippen molar-refractivity contribution in [2.45, 2.75) is 12.8 Å². The standard InChI is InChI=1S/C13H16N6OS/c1-21-13-17-7-8(6-14)10(18-13)9(11(15)16)12(20)19-4-2-3-5-19/h7H,2-5H2,1H3,(H3,15,16)(H,17,18). The highest BCUT2D eigenvalue weighted by Crippen LogP contribution is 2.21. The number of nitrogens with zero attached hydrogens (tertiary/aromatic N) is 3. The van der Waals surface area contributed by atoms with E-state index < -0.39 is 0 Å². The van der Waals surface area contributed by atoms with Crippen LogP contribution in [0.4, 0.5) is 0 Å². The second kappa shape index (κ2) is 6.45. The minimum atomic E-state index is -0.349. The second-order valence-corrected chi connectivity index (χ2v) is 5.38. The van der Waals surface area contributed by atoms with Gasteiger partial charge in [0.05, 0.1) is 11.3 Å². The fraction of sp³-hybridized carbons (Fsp3) is 0.385. The van der Waals surface area contributed by atoms with E-state index in [0.717, 1.165) is 12.8 Å². The number of amidine groups is 2. The first-order valence-electron chi connectivity index (χ1n) is 6.46. The molecule has 110 valence electrons. The van der Waals surface area contributed by atoms with Gasteiger partial charge >= 0.3 is 0 Å². The molecule has 4 N–H and O–H groups in total. The molecule has 0 bridgehead atoms. The lowest BCUT2D eigenvalue weighted by Gasteiger charge is -2.22. The molecule has 0 unspecified atom stereocenters. The van der Waals surface area contributed by atoms with Crippen LogP contribution >= 0.6 is 11.8 Å². The molecule has 0 aromatic rings. The Hall–Kier alpha value is -2.27. The van der Waals surface area contributed by atoms with Gasteiger partial charge in [-0.25, -0.2) is 4.99 Å². The first-order valence-corrected chi connectivity index (χ1v) is 7.68. The van der Waals surface area contributed by atoms with E-state index in [1.54, 1.807) is 4.90 Å². The summed E-state index contributed by atoms with van der Waals surface area (Å²) in [7, 11) is 0. The van der Waals surface area contributed by atoms with Crippen molar-refractivity contribution in [2.75, 3.05) is 19.3 Å². The highest BCUT2D eigenvalue weighted by molar-refractivity contribution is 8.13. The molecule has 0 aromatic carbocycles. The topological polar surface area (TPSA) is 118 Å². The zero-order valence-electron chi connectivity index (χ0n) is 11.6. The number of carbonyl (C=O) groups excluding carboxylic acids is 1. The Kier molecular flexibility index (Phi) is 4.65. The molecule has 1 saturated heterocycles. The number of aliphatic imine (C=N–C) groups is 1. The van der Waals surface area contributed by atoms with Crippen molar-refractivity contribution in [2.24, 2.45) is 10.7 Å². The van der Waals surface area contributed by atoms with Crippen LogP contribution in [-0.2, 0) is 4.79 Å². The monoisotopic (exact) mass is 304 g/mol. The number of hydrogen-bond acceptors (Lipinski definition) is 6. The molecule has 2 rings (SSSR count). The molecule has 0 aliphatic carbocycles. The first kappa shape index (κ1) is 15.1. The van der Waals surface area contributed by atoms with Gasteiger partial charge in [-0.05, 0) is 19.1 Å². The molecule has 8 heteroatoms. The zero-order chi connectivity index (χ0) is 15.4. The van der Waals surface area contributed by atoms with E-state index >= 15 is 0 Å². The van der Waals surface area contributed by atoms with Crippen LogP contribution in [0.15, 0.2) is 28.0 Å². The van der Waals surface area contributed by atoms with Gasteiger partial charge in [0, 0.05) is 19.3 Å². The van der Waals surface area contributed by atoms with Crippen LogP contribution in [0.3, 0.4) is 0 Å². The maximum Gasteiger partial charge on any atom is 0.259 e. The minimum Gasteiger partial charge on any atom is -0.383 e.